The molecule has 0 spiro atoms. The lowest BCUT2D eigenvalue weighted by Gasteiger charge is -2.44. The third-order valence-corrected chi connectivity index (χ3v) is 6.56. The molecule has 2 fully saturated rings. The molecule has 3 rings (SSSR count). The molecule has 0 aliphatic carbocycles. The Morgan fingerprint density at radius 1 is 1.08 bits per heavy atom. The van der Waals surface area contributed by atoms with Crippen LogP contribution in [0.15, 0.2) is 30.3 Å². The van der Waals surface area contributed by atoms with Crippen molar-refractivity contribution >= 4 is 27.5 Å². The van der Waals surface area contributed by atoms with Crippen molar-refractivity contribution in [2.45, 2.75) is 32.4 Å². The Hall–Kier alpha value is -2.09. The maximum atomic E-state index is 12.7. The lowest BCUT2D eigenvalue weighted by molar-refractivity contribution is -0.136. The average Bonchev–Trinajstić information content (AvgIpc) is 2.88. The first-order chi connectivity index (χ1) is 12.3. The molecule has 1 aromatic rings. The van der Waals surface area contributed by atoms with Gasteiger partial charge in [0.15, 0.2) is 9.84 Å². The Labute approximate surface area is 154 Å². The number of carbonyl (C=O) groups excluding carboxylic acids is 2. The molecule has 3 amide bonds. The van der Waals surface area contributed by atoms with Gasteiger partial charge in [-0.1, -0.05) is 32.0 Å². The molecule has 0 saturated carbocycles. The highest BCUT2D eigenvalue weighted by atomic mass is 32.2. The summed E-state index contributed by atoms with van der Waals surface area (Å²) in [5.41, 5.74) is 0.660. The standard InChI is InChI=1S/C18H25N3O4S/c1-13(2)10-17(22)20-8-9-21(16-12-26(24,25)11-15(16)20)18(23)19-14-6-4-3-5-7-14/h3-7,13,15-16H,8-12H2,1-2H3,(H,19,23)/t15-,16+/m0/s1. The van der Waals surface area contributed by atoms with Crippen LogP contribution >= 0.6 is 0 Å². The molecule has 2 atom stereocenters. The van der Waals surface area contributed by atoms with E-state index in [4.69, 9.17) is 0 Å². The van der Waals surface area contributed by atoms with E-state index < -0.39 is 21.9 Å². The first kappa shape index (κ1) is 18.7. The quantitative estimate of drug-likeness (QED) is 0.864. The maximum absolute atomic E-state index is 12.7. The number of piperazine rings is 1. The van der Waals surface area contributed by atoms with Crippen LogP contribution in [0.5, 0.6) is 0 Å². The Morgan fingerprint density at radius 2 is 1.65 bits per heavy atom. The number of sulfone groups is 1. The summed E-state index contributed by atoms with van der Waals surface area (Å²) in [5.74, 6) is 0.00989. The van der Waals surface area contributed by atoms with Crippen molar-refractivity contribution in [3.63, 3.8) is 0 Å². The van der Waals surface area contributed by atoms with Crippen molar-refractivity contribution in [2.75, 3.05) is 29.9 Å². The molecular weight excluding hydrogens is 354 g/mol. The van der Waals surface area contributed by atoms with Gasteiger partial charge in [0.05, 0.1) is 23.6 Å². The Morgan fingerprint density at radius 3 is 2.27 bits per heavy atom. The van der Waals surface area contributed by atoms with E-state index in [1.54, 1.807) is 21.9 Å². The van der Waals surface area contributed by atoms with Gasteiger partial charge >= 0.3 is 6.03 Å². The molecule has 2 heterocycles. The molecule has 1 aromatic carbocycles. The van der Waals surface area contributed by atoms with Crippen LogP contribution in [-0.2, 0) is 14.6 Å². The molecule has 0 unspecified atom stereocenters. The Bertz CT molecular complexity index is 779. The number of fused-ring (bicyclic) bond motifs is 1. The number of urea groups is 1. The van der Waals surface area contributed by atoms with E-state index in [0.717, 1.165) is 0 Å². The summed E-state index contributed by atoms with van der Waals surface area (Å²) in [6.07, 6.45) is 0.388. The minimum absolute atomic E-state index is 0.0322. The lowest BCUT2D eigenvalue weighted by atomic mass is 10.0. The van der Waals surface area contributed by atoms with Crippen molar-refractivity contribution in [1.82, 2.24) is 9.80 Å². The second kappa shape index (κ2) is 7.26. The van der Waals surface area contributed by atoms with Crippen molar-refractivity contribution in [2.24, 2.45) is 5.92 Å². The van der Waals surface area contributed by atoms with Crippen LogP contribution in [0.1, 0.15) is 20.3 Å². The van der Waals surface area contributed by atoms with Crippen molar-refractivity contribution in [3.8, 4) is 0 Å². The zero-order chi connectivity index (χ0) is 18.9. The van der Waals surface area contributed by atoms with Gasteiger partial charge in [0.1, 0.15) is 0 Å². The second-order valence-corrected chi connectivity index (χ2v) is 9.54. The molecule has 7 nitrogen and oxygen atoms in total. The summed E-state index contributed by atoms with van der Waals surface area (Å²) in [6.45, 7) is 4.62. The summed E-state index contributed by atoms with van der Waals surface area (Å²) < 4.78 is 24.4. The monoisotopic (exact) mass is 379 g/mol. The number of hydrogen-bond donors (Lipinski definition) is 1. The van der Waals surface area contributed by atoms with E-state index in [0.29, 0.717) is 25.2 Å². The van der Waals surface area contributed by atoms with E-state index >= 15 is 0 Å². The highest BCUT2D eigenvalue weighted by Crippen LogP contribution is 2.28. The molecule has 8 heteroatoms. The van der Waals surface area contributed by atoms with Gasteiger partial charge in [-0.15, -0.1) is 0 Å². The summed E-state index contributed by atoms with van der Waals surface area (Å²) >= 11 is 0. The highest BCUT2D eigenvalue weighted by molar-refractivity contribution is 7.91. The van der Waals surface area contributed by atoms with Crippen LogP contribution in [0.3, 0.4) is 0 Å². The minimum Gasteiger partial charge on any atom is -0.335 e. The van der Waals surface area contributed by atoms with Gasteiger partial charge in [-0.05, 0) is 18.1 Å². The van der Waals surface area contributed by atoms with Crippen LogP contribution in [0.25, 0.3) is 0 Å². The number of benzene rings is 1. The highest BCUT2D eigenvalue weighted by Gasteiger charge is 2.49. The number of amides is 3. The fraction of sp³-hybridized carbons (Fsp3) is 0.556. The third kappa shape index (κ3) is 4.00. The third-order valence-electron chi connectivity index (χ3n) is 4.87. The molecule has 0 bridgehead atoms. The second-order valence-electron chi connectivity index (χ2n) is 7.39. The summed E-state index contributed by atoms with van der Waals surface area (Å²) in [6, 6.07) is 7.79. The molecule has 1 N–H and O–H groups in total. The van der Waals surface area contributed by atoms with Gasteiger partial charge < -0.3 is 15.1 Å². The Balaban J connectivity index is 1.78. The van der Waals surface area contributed by atoms with Gasteiger partial charge in [-0.25, -0.2) is 13.2 Å². The number of para-hydroxylation sites is 1. The zero-order valence-electron chi connectivity index (χ0n) is 15.1. The van der Waals surface area contributed by atoms with E-state index in [1.165, 1.54) is 0 Å². The molecule has 2 saturated heterocycles. The van der Waals surface area contributed by atoms with Gasteiger partial charge in [0.25, 0.3) is 0 Å². The van der Waals surface area contributed by atoms with E-state index in [2.05, 4.69) is 5.32 Å². The van der Waals surface area contributed by atoms with Crippen LogP contribution in [-0.4, -0.2) is 66.8 Å². The fourth-order valence-electron chi connectivity index (χ4n) is 3.70. The van der Waals surface area contributed by atoms with Gasteiger partial charge in [-0.3, -0.25) is 4.79 Å². The molecule has 2 aliphatic heterocycles. The maximum Gasteiger partial charge on any atom is 0.322 e. The summed E-state index contributed by atoms with van der Waals surface area (Å²) in [4.78, 5) is 28.5. The predicted octanol–water partition coefficient (Wildman–Crippen LogP) is 1.57. The van der Waals surface area contributed by atoms with Crippen molar-refractivity contribution in [3.05, 3.63) is 30.3 Å². The fourth-order valence-corrected chi connectivity index (χ4v) is 5.68. The minimum atomic E-state index is -3.28. The zero-order valence-corrected chi connectivity index (χ0v) is 15.9. The lowest BCUT2D eigenvalue weighted by Crippen LogP contribution is -2.62. The number of anilines is 1. The Kier molecular flexibility index (Phi) is 5.22. The van der Waals surface area contributed by atoms with Crippen LogP contribution in [0.2, 0.25) is 0 Å². The van der Waals surface area contributed by atoms with Gasteiger partial charge in [0, 0.05) is 25.2 Å². The molecule has 26 heavy (non-hydrogen) atoms. The number of nitrogens with one attached hydrogen (secondary N) is 1. The predicted molar refractivity (Wildman–Crippen MR) is 99.6 cm³/mol. The first-order valence-corrected chi connectivity index (χ1v) is 10.7. The average molecular weight is 379 g/mol. The number of carbonyl (C=O) groups is 2. The SMILES string of the molecule is CC(C)CC(=O)N1CCN(C(=O)Nc2ccccc2)[C@@H]2CS(=O)(=O)C[C@@H]21. The van der Waals surface area contributed by atoms with Crippen molar-refractivity contribution in [1.29, 1.82) is 0 Å². The van der Waals surface area contributed by atoms with Crippen LogP contribution in [0, 0.1) is 5.92 Å². The van der Waals surface area contributed by atoms with Crippen LogP contribution in [0.4, 0.5) is 10.5 Å². The first-order valence-electron chi connectivity index (χ1n) is 8.89. The van der Waals surface area contributed by atoms with E-state index in [9.17, 15) is 18.0 Å². The number of nitrogens with zero attached hydrogens (tertiary/aromatic N) is 2. The molecule has 0 radical (unpaired) electrons. The smallest absolute Gasteiger partial charge is 0.322 e. The molecule has 142 valence electrons. The molecule has 0 aromatic heterocycles. The number of rotatable bonds is 3. The molecule has 2 aliphatic rings. The van der Waals surface area contributed by atoms with Gasteiger partial charge in [0.2, 0.25) is 5.91 Å². The summed E-state index contributed by atoms with van der Waals surface area (Å²) in [7, 11) is -3.28. The topological polar surface area (TPSA) is 86.8 Å². The van der Waals surface area contributed by atoms with E-state index in [1.807, 2.05) is 32.0 Å². The van der Waals surface area contributed by atoms with E-state index in [-0.39, 0.29) is 29.4 Å². The molecular formula is C18H25N3O4S. The summed E-state index contributed by atoms with van der Waals surface area (Å²) in [5, 5.41) is 2.82. The van der Waals surface area contributed by atoms with Crippen LogP contribution < -0.4 is 5.32 Å². The number of hydrogen-bond acceptors (Lipinski definition) is 4. The normalized spacial score (nSPS) is 24.4. The van der Waals surface area contributed by atoms with Crippen molar-refractivity contribution < 1.29 is 18.0 Å². The van der Waals surface area contributed by atoms with Gasteiger partial charge in [-0.2, -0.15) is 0 Å². The largest absolute Gasteiger partial charge is 0.335 e.